The minimum absolute atomic E-state index is 0.170. The van der Waals surface area contributed by atoms with Crippen molar-refractivity contribution < 1.29 is 9.18 Å². The molecule has 0 atom stereocenters. The molecule has 0 aliphatic rings. The number of benzene rings is 3. The molecule has 0 bridgehead atoms. The van der Waals surface area contributed by atoms with Crippen molar-refractivity contribution in [3.05, 3.63) is 125 Å². The number of hydrogen-bond donors (Lipinski definition) is 0. The van der Waals surface area contributed by atoms with Crippen molar-refractivity contribution >= 4 is 16.9 Å². The average Bonchev–Trinajstić information content (AvgIpc) is 3.32. The van der Waals surface area contributed by atoms with Gasteiger partial charge in [0.05, 0.1) is 17.9 Å². The van der Waals surface area contributed by atoms with Gasteiger partial charge in [-0.05, 0) is 35.4 Å². The van der Waals surface area contributed by atoms with Crippen LogP contribution in [0, 0.1) is 5.82 Å². The van der Waals surface area contributed by atoms with E-state index in [4.69, 9.17) is 0 Å². The summed E-state index contributed by atoms with van der Waals surface area (Å²) in [5.41, 5.74) is 2.48. The zero-order valence-corrected chi connectivity index (χ0v) is 19.0. The van der Waals surface area contributed by atoms with E-state index in [1.165, 1.54) is 33.9 Å². The summed E-state index contributed by atoms with van der Waals surface area (Å²) in [6.45, 7) is -0.170. The summed E-state index contributed by atoms with van der Waals surface area (Å²) in [6.07, 6.45) is 2.76. The molecule has 3 aromatic carbocycles. The van der Waals surface area contributed by atoms with E-state index in [-0.39, 0.29) is 35.3 Å². The maximum Gasteiger partial charge on any atom is 0.264 e. The van der Waals surface area contributed by atoms with Gasteiger partial charge in [0.2, 0.25) is 5.91 Å². The first-order chi connectivity index (χ1) is 17.0. The van der Waals surface area contributed by atoms with Crippen LogP contribution in [0.25, 0.3) is 16.7 Å². The molecule has 7 nitrogen and oxygen atoms in total. The molecular formula is C27H22FN5O2. The Labute approximate surface area is 200 Å². The number of fused-ring (bicyclic) bond motifs is 1. The van der Waals surface area contributed by atoms with Gasteiger partial charge in [0.1, 0.15) is 24.1 Å². The Morgan fingerprint density at radius 1 is 0.943 bits per heavy atom. The van der Waals surface area contributed by atoms with E-state index < -0.39 is 0 Å². The molecule has 5 rings (SSSR count). The third-order valence-corrected chi connectivity index (χ3v) is 5.94. The van der Waals surface area contributed by atoms with E-state index in [0.29, 0.717) is 11.3 Å². The zero-order valence-electron chi connectivity index (χ0n) is 19.0. The third kappa shape index (κ3) is 4.33. The lowest BCUT2D eigenvalue weighted by atomic mass is 9.97. The Kier molecular flexibility index (Phi) is 5.93. The number of hydrogen-bond acceptors (Lipinski definition) is 4. The van der Waals surface area contributed by atoms with Gasteiger partial charge in [-0.1, -0.05) is 60.7 Å². The van der Waals surface area contributed by atoms with Crippen molar-refractivity contribution in [2.24, 2.45) is 0 Å². The van der Waals surface area contributed by atoms with Gasteiger partial charge in [0.25, 0.3) is 5.56 Å². The van der Waals surface area contributed by atoms with Crippen LogP contribution >= 0.6 is 0 Å². The van der Waals surface area contributed by atoms with Crippen LogP contribution in [0.2, 0.25) is 0 Å². The van der Waals surface area contributed by atoms with Gasteiger partial charge in [-0.15, -0.1) is 0 Å². The summed E-state index contributed by atoms with van der Waals surface area (Å²) in [7, 11) is 1.73. The second-order valence-electron chi connectivity index (χ2n) is 8.18. The molecule has 0 saturated carbocycles. The van der Waals surface area contributed by atoms with Crippen molar-refractivity contribution in [1.82, 2.24) is 24.2 Å². The van der Waals surface area contributed by atoms with Gasteiger partial charge in [0.15, 0.2) is 5.65 Å². The minimum atomic E-state index is -0.374. The molecule has 174 valence electrons. The summed E-state index contributed by atoms with van der Waals surface area (Å²) in [4.78, 5) is 32.5. The number of carbonyl (C=O) groups excluding carboxylic acids is 1. The number of rotatable bonds is 6. The van der Waals surface area contributed by atoms with Gasteiger partial charge in [-0.25, -0.2) is 14.1 Å². The normalized spacial score (nSPS) is 11.2. The van der Waals surface area contributed by atoms with Crippen molar-refractivity contribution in [3.8, 4) is 5.69 Å². The second kappa shape index (κ2) is 9.34. The molecule has 35 heavy (non-hydrogen) atoms. The Morgan fingerprint density at radius 3 is 2.14 bits per heavy atom. The highest BCUT2D eigenvalue weighted by Crippen LogP contribution is 2.27. The van der Waals surface area contributed by atoms with Crippen molar-refractivity contribution in [3.63, 3.8) is 0 Å². The van der Waals surface area contributed by atoms with Crippen molar-refractivity contribution in [1.29, 1.82) is 0 Å². The first kappa shape index (κ1) is 22.2. The first-order valence-electron chi connectivity index (χ1n) is 11.1. The van der Waals surface area contributed by atoms with Crippen molar-refractivity contribution in [2.75, 3.05) is 7.05 Å². The predicted molar refractivity (Wildman–Crippen MR) is 131 cm³/mol. The molecule has 0 fully saturated rings. The Balaban J connectivity index is 1.45. The average molecular weight is 468 g/mol. The van der Waals surface area contributed by atoms with E-state index >= 15 is 0 Å². The van der Waals surface area contributed by atoms with Crippen LogP contribution in [0.15, 0.2) is 102 Å². The fraction of sp³-hybridized carbons (Fsp3) is 0.111. The second-order valence-corrected chi connectivity index (χ2v) is 8.18. The summed E-state index contributed by atoms with van der Waals surface area (Å²) >= 11 is 0. The highest BCUT2D eigenvalue weighted by Gasteiger charge is 2.24. The number of aromatic nitrogens is 4. The molecular weight excluding hydrogens is 445 g/mol. The number of nitrogens with zero attached hydrogens (tertiary/aromatic N) is 5. The fourth-order valence-corrected chi connectivity index (χ4v) is 4.14. The van der Waals surface area contributed by atoms with Gasteiger partial charge < -0.3 is 4.90 Å². The maximum absolute atomic E-state index is 13.3. The summed E-state index contributed by atoms with van der Waals surface area (Å²) in [5.74, 6) is -0.607. The monoisotopic (exact) mass is 467 g/mol. The highest BCUT2D eigenvalue weighted by atomic mass is 19.1. The van der Waals surface area contributed by atoms with E-state index in [9.17, 15) is 14.0 Å². The van der Waals surface area contributed by atoms with Crippen LogP contribution in [0.5, 0.6) is 0 Å². The van der Waals surface area contributed by atoms with Gasteiger partial charge in [0, 0.05) is 7.05 Å². The summed E-state index contributed by atoms with van der Waals surface area (Å²) in [5, 5.41) is 4.52. The molecule has 5 aromatic rings. The lowest BCUT2D eigenvalue weighted by molar-refractivity contribution is -0.132. The molecule has 0 unspecified atom stereocenters. The van der Waals surface area contributed by atoms with E-state index in [1.54, 1.807) is 24.1 Å². The quantitative estimate of drug-likeness (QED) is 0.379. The van der Waals surface area contributed by atoms with E-state index in [0.717, 1.165) is 11.1 Å². The SMILES string of the molecule is CN(C(=O)Cn1cnc2c(cnn2-c2ccc(F)cc2)c1=O)C(c1ccccc1)c1ccccc1. The smallest absolute Gasteiger partial charge is 0.264 e. The fourth-order valence-electron chi connectivity index (χ4n) is 4.14. The molecule has 0 N–H and O–H groups in total. The molecule has 0 aliphatic heterocycles. The molecule has 2 heterocycles. The summed E-state index contributed by atoms with van der Waals surface area (Å²) < 4.78 is 16.0. The van der Waals surface area contributed by atoms with Gasteiger partial charge >= 0.3 is 0 Å². The number of carbonyl (C=O) groups is 1. The molecule has 2 aromatic heterocycles. The van der Waals surface area contributed by atoms with Gasteiger partial charge in [-0.2, -0.15) is 5.10 Å². The first-order valence-corrected chi connectivity index (χ1v) is 11.1. The third-order valence-electron chi connectivity index (χ3n) is 5.94. The minimum Gasteiger partial charge on any atom is -0.333 e. The number of amides is 1. The Bertz CT molecular complexity index is 1490. The lowest BCUT2D eigenvalue weighted by Crippen LogP contribution is -2.37. The molecule has 0 aliphatic carbocycles. The Hall–Kier alpha value is -4.59. The number of likely N-dealkylation sites (N-methyl/N-ethyl adjacent to an activating group) is 1. The van der Waals surface area contributed by atoms with Crippen molar-refractivity contribution in [2.45, 2.75) is 12.6 Å². The highest BCUT2D eigenvalue weighted by molar-refractivity contribution is 5.78. The molecule has 0 spiro atoms. The van der Waals surface area contributed by atoms with Gasteiger partial charge in [-0.3, -0.25) is 14.2 Å². The molecule has 0 radical (unpaired) electrons. The predicted octanol–water partition coefficient (Wildman–Crippen LogP) is 3.97. The summed E-state index contributed by atoms with van der Waals surface area (Å²) in [6, 6.07) is 24.9. The van der Waals surface area contributed by atoms with Crippen LogP contribution in [0.1, 0.15) is 17.2 Å². The topological polar surface area (TPSA) is 73.0 Å². The molecule has 1 amide bonds. The van der Waals surface area contributed by atoms with Crippen LogP contribution in [0.3, 0.4) is 0 Å². The number of halogens is 1. The van der Waals surface area contributed by atoms with Crippen LogP contribution < -0.4 is 5.56 Å². The zero-order chi connectivity index (χ0) is 24.4. The van der Waals surface area contributed by atoms with Crippen LogP contribution in [-0.2, 0) is 11.3 Å². The van der Waals surface area contributed by atoms with E-state index in [1.807, 2.05) is 60.7 Å². The van der Waals surface area contributed by atoms with Crippen LogP contribution in [0.4, 0.5) is 4.39 Å². The Morgan fingerprint density at radius 2 is 1.54 bits per heavy atom. The van der Waals surface area contributed by atoms with E-state index in [2.05, 4.69) is 10.1 Å². The molecule has 0 saturated heterocycles. The lowest BCUT2D eigenvalue weighted by Gasteiger charge is -2.29. The van der Waals surface area contributed by atoms with Crippen LogP contribution in [-0.4, -0.2) is 37.2 Å². The molecule has 8 heteroatoms. The maximum atomic E-state index is 13.3. The largest absolute Gasteiger partial charge is 0.333 e. The standard InChI is InChI=1S/C27H22FN5O2/c1-31(25(19-8-4-2-5-9-19)20-10-6-3-7-11-20)24(34)17-32-18-29-26-23(27(32)35)16-30-33(26)22-14-12-21(28)13-15-22/h2-16,18,25H,17H2,1H3.